The lowest BCUT2D eigenvalue weighted by atomic mass is 10.2. The number of nitrogens with zero attached hydrogens (tertiary/aromatic N) is 4. The Morgan fingerprint density at radius 2 is 2.35 bits per heavy atom. The van der Waals surface area contributed by atoms with Crippen LogP contribution in [0.15, 0.2) is 12.7 Å². The number of imidazole rings is 1. The molecule has 3 heterocycles. The average molecular weight is 276 g/mol. The summed E-state index contributed by atoms with van der Waals surface area (Å²) in [7, 11) is 1.36. The molecule has 7 heteroatoms. The fourth-order valence-electron chi connectivity index (χ4n) is 2.39. The Labute approximate surface area is 115 Å². The number of carbonyl (C=O) groups excluding carboxylic acids is 1. The number of carbonyl (C=O) groups is 1. The zero-order valence-electron chi connectivity index (χ0n) is 11.3. The lowest BCUT2D eigenvalue weighted by Gasteiger charge is -2.23. The molecule has 1 unspecified atom stereocenters. The molecule has 0 saturated carbocycles. The van der Waals surface area contributed by atoms with E-state index < -0.39 is 0 Å². The van der Waals surface area contributed by atoms with Crippen molar-refractivity contribution in [3.63, 3.8) is 0 Å². The van der Waals surface area contributed by atoms with Crippen molar-refractivity contribution in [2.45, 2.75) is 31.9 Å². The van der Waals surface area contributed by atoms with E-state index in [-0.39, 0.29) is 18.6 Å². The third-order valence-corrected chi connectivity index (χ3v) is 3.44. The number of methoxy groups -OCH3 is 1. The number of ether oxygens (including phenoxy) is 2. The lowest BCUT2D eigenvalue weighted by Crippen LogP contribution is -2.17. The monoisotopic (exact) mass is 276 g/mol. The molecule has 1 fully saturated rings. The Kier molecular flexibility index (Phi) is 3.60. The van der Waals surface area contributed by atoms with Gasteiger partial charge in [-0.2, -0.15) is 0 Å². The first-order chi connectivity index (χ1) is 9.79. The molecule has 20 heavy (non-hydrogen) atoms. The maximum absolute atomic E-state index is 11.4. The van der Waals surface area contributed by atoms with Gasteiger partial charge < -0.3 is 9.47 Å². The molecule has 0 N–H and O–H groups in total. The van der Waals surface area contributed by atoms with E-state index >= 15 is 0 Å². The predicted molar refractivity (Wildman–Crippen MR) is 69.9 cm³/mol. The van der Waals surface area contributed by atoms with Gasteiger partial charge in [0.15, 0.2) is 5.65 Å². The molecular weight excluding hydrogens is 260 g/mol. The Morgan fingerprint density at radius 3 is 3.10 bits per heavy atom. The third-order valence-electron chi connectivity index (χ3n) is 3.44. The number of rotatable bonds is 3. The van der Waals surface area contributed by atoms with Gasteiger partial charge in [-0.05, 0) is 19.3 Å². The Hall–Kier alpha value is -2.02. The van der Waals surface area contributed by atoms with Gasteiger partial charge in [-0.3, -0.25) is 9.36 Å². The summed E-state index contributed by atoms with van der Waals surface area (Å²) in [6.07, 6.45) is 6.38. The van der Waals surface area contributed by atoms with Gasteiger partial charge in [0.2, 0.25) is 0 Å². The molecule has 0 aliphatic carbocycles. The van der Waals surface area contributed by atoms with Crippen molar-refractivity contribution >= 4 is 17.1 Å². The molecule has 106 valence electrons. The summed E-state index contributed by atoms with van der Waals surface area (Å²) in [6, 6.07) is 0. The predicted octanol–water partition coefficient (Wildman–Crippen LogP) is 1.24. The van der Waals surface area contributed by atoms with Crippen LogP contribution in [0.3, 0.4) is 0 Å². The van der Waals surface area contributed by atoms with Crippen LogP contribution >= 0.6 is 0 Å². The van der Waals surface area contributed by atoms with Gasteiger partial charge in [-0.15, -0.1) is 0 Å². The summed E-state index contributed by atoms with van der Waals surface area (Å²) in [5.41, 5.74) is 1.91. The highest BCUT2D eigenvalue weighted by molar-refractivity contribution is 5.80. The minimum absolute atomic E-state index is 0.0328. The fraction of sp³-hybridized carbons (Fsp3) is 0.538. The van der Waals surface area contributed by atoms with E-state index in [9.17, 15) is 4.79 Å². The SMILES string of the molecule is COC(=O)Cc1ncnc2c1ncn2C1CCCCO1. The zero-order chi connectivity index (χ0) is 13.9. The Bertz CT molecular complexity index is 619. The first kappa shape index (κ1) is 13.0. The van der Waals surface area contributed by atoms with Gasteiger partial charge in [0, 0.05) is 6.61 Å². The van der Waals surface area contributed by atoms with Crippen LogP contribution in [0.1, 0.15) is 31.2 Å². The van der Waals surface area contributed by atoms with E-state index in [0.717, 1.165) is 25.9 Å². The number of hydrogen-bond acceptors (Lipinski definition) is 6. The summed E-state index contributed by atoms with van der Waals surface area (Å²) >= 11 is 0. The molecule has 1 atom stereocenters. The van der Waals surface area contributed by atoms with Crippen LogP contribution in [0.5, 0.6) is 0 Å². The summed E-state index contributed by atoms with van der Waals surface area (Å²) in [6.45, 7) is 0.754. The van der Waals surface area contributed by atoms with Crippen LogP contribution in [-0.4, -0.2) is 39.2 Å². The minimum atomic E-state index is -0.339. The molecular formula is C13H16N4O3. The lowest BCUT2D eigenvalue weighted by molar-refractivity contribution is -0.139. The quantitative estimate of drug-likeness (QED) is 0.785. The van der Waals surface area contributed by atoms with E-state index in [1.807, 2.05) is 4.57 Å². The van der Waals surface area contributed by atoms with Crippen LogP contribution in [0.4, 0.5) is 0 Å². The van der Waals surface area contributed by atoms with Crippen LogP contribution in [0.2, 0.25) is 0 Å². The van der Waals surface area contributed by atoms with Gasteiger partial charge in [0.1, 0.15) is 18.1 Å². The fourth-order valence-corrected chi connectivity index (χ4v) is 2.39. The highest BCUT2D eigenvalue weighted by Gasteiger charge is 2.20. The maximum atomic E-state index is 11.4. The topological polar surface area (TPSA) is 79.1 Å². The molecule has 0 bridgehead atoms. The minimum Gasteiger partial charge on any atom is -0.469 e. The standard InChI is InChI=1S/C13H16N4O3/c1-19-11(18)6-9-12-13(15-7-14-9)17(8-16-12)10-4-2-3-5-20-10/h7-8,10H,2-6H2,1H3. The molecule has 2 aromatic heterocycles. The van der Waals surface area contributed by atoms with Crippen LogP contribution in [0, 0.1) is 0 Å². The number of hydrogen-bond donors (Lipinski definition) is 0. The van der Waals surface area contributed by atoms with E-state index in [4.69, 9.17) is 4.74 Å². The molecule has 0 spiro atoms. The van der Waals surface area contributed by atoms with Gasteiger partial charge in [0.05, 0.1) is 25.6 Å². The molecule has 1 saturated heterocycles. The van der Waals surface area contributed by atoms with Gasteiger partial charge >= 0.3 is 5.97 Å². The highest BCUT2D eigenvalue weighted by Crippen LogP contribution is 2.26. The van der Waals surface area contributed by atoms with E-state index in [1.54, 1.807) is 6.33 Å². The van der Waals surface area contributed by atoms with E-state index in [1.165, 1.54) is 13.4 Å². The van der Waals surface area contributed by atoms with E-state index in [0.29, 0.717) is 16.9 Å². The molecule has 0 aromatic carbocycles. The summed E-state index contributed by atoms with van der Waals surface area (Å²) in [4.78, 5) is 24.1. The van der Waals surface area contributed by atoms with Gasteiger partial charge in [-0.25, -0.2) is 15.0 Å². The van der Waals surface area contributed by atoms with Crippen molar-refractivity contribution in [3.8, 4) is 0 Å². The average Bonchev–Trinajstić information content (AvgIpc) is 2.93. The van der Waals surface area contributed by atoms with Crippen LogP contribution in [0.25, 0.3) is 11.2 Å². The van der Waals surface area contributed by atoms with Crippen molar-refractivity contribution in [3.05, 3.63) is 18.3 Å². The Morgan fingerprint density at radius 1 is 1.45 bits per heavy atom. The summed E-state index contributed by atoms with van der Waals surface area (Å²) in [5.74, 6) is -0.339. The van der Waals surface area contributed by atoms with Crippen molar-refractivity contribution < 1.29 is 14.3 Å². The number of esters is 1. The van der Waals surface area contributed by atoms with Gasteiger partial charge in [-0.1, -0.05) is 0 Å². The molecule has 1 aliphatic rings. The van der Waals surface area contributed by atoms with Crippen molar-refractivity contribution in [2.24, 2.45) is 0 Å². The molecule has 7 nitrogen and oxygen atoms in total. The third kappa shape index (κ3) is 2.36. The first-order valence-corrected chi connectivity index (χ1v) is 6.64. The second kappa shape index (κ2) is 5.54. The smallest absolute Gasteiger partial charge is 0.311 e. The largest absolute Gasteiger partial charge is 0.469 e. The van der Waals surface area contributed by atoms with Gasteiger partial charge in [0.25, 0.3) is 0 Å². The molecule has 3 rings (SSSR count). The molecule has 0 radical (unpaired) electrons. The van der Waals surface area contributed by atoms with Crippen molar-refractivity contribution in [1.82, 2.24) is 19.5 Å². The number of aromatic nitrogens is 4. The molecule has 0 amide bonds. The van der Waals surface area contributed by atoms with Crippen LogP contribution in [-0.2, 0) is 20.7 Å². The highest BCUT2D eigenvalue weighted by atomic mass is 16.5. The molecule has 1 aliphatic heterocycles. The maximum Gasteiger partial charge on any atom is 0.311 e. The van der Waals surface area contributed by atoms with Crippen molar-refractivity contribution in [2.75, 3.05) is 13.7 Å². The Balaban J connectivity index is 1.96. The summed E-state index contributed by atoms with van der Waals surface area (Å²) < 4.78 is 12.3. The first-order valence-electron chi connectivity index (χ1n) is 6.64. The van der Waals surface area contributed by atoms with E-state index in [2.05, 4.69) is 19.7 Å². The van der Waals surface area contributed by atoms with Crippen molar-refractivity contribution in [1.29, 1.82) is 0 Å². The second-order valence-corrected chi connectivity index (χ2v) is 4.72. The second-order valence-electron chi connectivity index (χ2n) is 4.72. The normalized spacial score (nSPS) is 19.1. The zero-order valence-corrected chi connectivity index (χ0v) is 11.3. The molecule has 2 aromatic rings. The number of fused-ring (bicyclic) bond motifs is 1. The summed E-state index contributed by atoms with van der Waals surface area (Å²) in [5, 5.41) is 0. The van der Waals surface area contributed by atoms with Crippen LogP contribution < -0.4 is 0 Å².